The van der Waals surface area contributed by atoms with E-state index >= 15 is 0 Å². The number of benzene rings is 1. The number of thiazole rings is 1. The van der Waals surface area contributed by atoms with Crippen LogP contribution in [-0.2, 0) is 6.61 Å². The normalized spacial score (nSPS) is 10.5. The number of anilines is 1. The van der Waals surface area contributed by atoms with E-state index in [1.807, 2.05) is 30.3 Å². The van der Waals surface area contributed by atoms with Crippen molar-refractivity contribution >= 4 is 22.9 Å². The minimum Gasteiger partial charge on any atom is -0.489 e. The van der Waals surface area contributed by atoms with Crippen molar-refractivity contribution in [3.8, 4) is 16.5 Å². The molecule has 0 fully saturated rings. The van der Waals surface area contributed by atoms with Gasteiger partial charge in [-0.25, -0.2) is 4.98 Å². The Morgan fingerprint density at radius 3 is 2.96 bits per heavy atom. The first-order valence-corrected chi connectivity index (χ1v) is 9.08. The lowest BCUT2D eigenvalue weighted by atomic mass is 10.3. The van der Waals surface area contributed by atoms with Gasteiger partial charge in [-0.3, -0.25) is 9.78 Å². The lowest BCUT2D eigenvalue weighted by Crippen LogP contribution is -2.12. The maximum atomic E-state index is 12.4. The van der Waals surface area contributed by atoms with Crippen molar-refractivity contribution in [3.63, 3.8) is 0 Å². The van der Waals surface area contributed by atoms with Crippen molar-refractivity contribution in [2.24, 2.45) is 0 Å². The monoisotopic (exact) mass is 377 g/mol. The van der Waals surface area contributed by atoms with Crippen LogP contribution in [0.4, 0.5) is 5.69 Å². The van der Waals surface area contributed by atoms with Crippen LogP contribution < -0.4 is 10.1 Å². The van der Waals surface area contributed by atoms with E-state index in [9.17, 15) is 4.79 Å². The zero-order chi connectivity index (χ0) is 18.5. The van der Waals surface area contributed by atoms with Gasteiger partial charge in [-0.1, -0.05) is 12.1 Å². The van der Waals surface area contributed by atoms with Crippen LogP contribution in [0.3, 0.4) is 0 Å². The molecular weight excluding hydrogens is 362 g/mol. The van der Waals surface area contributed by atoms with Gasteiger partial charge in [0.15, 0.2) is 10.8 Å². The molecule has 0 radical (unpaired) electrons. The second-order valence-electron chi connectivity index (χ2n) is 5.65. The van der Waals surface area contributed by atoms with Crippen LogP contribution in [0.25, 0.3) is 10.8 Å². The van der Waals surface area contributed by atoms with Crippen molar-refractivity contribution in [3.05, 3.63) is 83.8 Å². The fraction of sp³-hybridized carbons (Fsp3) is 0.0500. The van der Waals surface area contributed by atoms with Gasteiger partial charge in [0.1, 0.15) is 18.1 Å². The topological polar surface area (TPSA) is 77.2 Å². The Morgan fingerprint density at radius 2 is 2.15 bits per heavy atom. The number of hydrogen-bond acceptors (Lipinski definition) is 6. The van der Waals surface area contributed by atoms with Crippen LogP contribution in [-0.4, -0.2) is 15.9 Å². The average molecular weight is 377 g/mol. The number of carbonyl (C=O) groups excluding carboxylic acids is 1. The van der Waals surface area contributed by atoms with Gasteiger partial charge in [-0.15, -0.1) is 11.3 Å². The second-order valence-corrected chi connectivity index (χ2v) is 6.51. The zero-order valence-electron chi connectivity index (χ0n) is 14.2. The van der Waals surface area contributed by atoms with Gasteiger partial charge >= 0.3 is 0 Å². The Kier molecular flexibility index (Phi) is 4.93. The van der Waals surface area contributed by atoms with Crippen molar-refractivity contribution in [2.75, 3.05) is 5.32 Å². The minimum atomic E-state index is -0.284. The largest absolute Gasteiger partial charge is 0.489 e. The van der Waals surface area contributed by atoms with Crippen molar-refractivity contribution in [1.29, 1.82) is 0 Å². The van der Waals surface area contributed by atoms with Crippen LogP contribution >= 0.6 is 11.3 Å². The number of nitrogens with zero attached hydrogens (tertiary/aromatic N) is 2. The van der Waals surface area contributed by atoms with Crippen molar-refractivity contribution in [1.82, 2.24) is 9.97 Å². The van der Waals surface area contributed by atoms with E-state index < -0.39 is 0 Å². The van der Waals surface area contributed by atoms with E-state index in [1.165, 1.54) is 11.3 Å². The van der Waals surface area contributed by atoms with Gasteiger partial charge < -0.3 is 14.5 Å². The molecule has 0 saturated heterocycles. The van der Waals surface area contributed by atoms with Gasteiger partial charge in [0.2, 0.25) is 0 Å². The Morgan fingerprint density at radius 1 is 1.19 bits per heavy atom. The minimum absolute atomic E-state index is 0.284. The molecule has 3 heterocycles. The van der Waals surface area contributed by atoms with Gasteiger partial charge in [0.05, 0.1) is 6.26 Å². The molecule has 134 valence electrons. The molecule has 1 amide bonds. The highest BCUT2D eigenvalue weighted by atomic mass is 32.1. The van der Waals surface area contributed by atoms with E-state index in [0.29, 0.717) is 34.5 Å². The lowest BCUT2D eigenvalue weighted by molar-refractivity contribution is 0.102. The molecule has 0 aliphatic carbocycles. The van der Waals surface area contributed by atoms with Crippen LogP contribution in [0.15, 0.2) is 77.0 Å². The highest BCUT2D eigenvalue weighted by Crippen LogP contribution is 2.25. The number of nitrogens with one attached hydrogen (secondary N) is 1. The summed E-state index contributed by atoms with van der Waals surface area (Å²) in [5.74, 6) is 1.02. The predicted molar refractivity (Wildman–Crippen MR) is 103 cm³/mol. The Labute approximate surface area is 159 Å². The maximum absolute atomic E-state index is 12.4. The summed E-state index contributed by atoms with van der Waals surface area (Å²) >= 11 is 1.36. The average Bonchev–Trinajstić information content (AvgIpc) is 3.39. The van der Waals surface area contributed by atoms with Gasteiger partial charge in [-0.05, 0) is 30.3 Å². The van der Waals surface area contributed by atoms with Gasteiger partial charge in [-0.2, -0.15) is 0 Å². The first-order valence-electron chi connectivity index (χ1n) is 8.20. The quantitative estimate of drug-likeness (QED) is 0.530. The second kappa shape index (κ2) is 7.84. The molecular formula is C20H15N3O3S. The molecule has 0 bridgehead atoms. The third-order valence-corrected chi connectivity index (χ3v) is 4.55. The number of amides is 1. The smallest absolute Gasteiger partial charge is 0.275 e. The van der Waals surface area contributed by atoms with Crippen LogP contribution in [0, 0.1) is 0 Å². The number of aromatic nitrogens is 2. The summed E-state index contributed by atoms with van der Waals surface area (Å²) < 4.78 is 11.1. The third kappa shape index (κ3) is 4.21. The number of hydrogen-bond donors (Lipinski definition) is 1. The summed E-state index contributed by atoms with van der Waals surface area (Å²) in [6.45, 7) is 0.407. The van der Waals surface area contributed by atoms with E-state index in [0.717, 1.165) is 5.56 Å². The molecule has 1 aromatic carbocycles. The van der Waals surface area contributed by atoms with Gasteiger partial charge in [0, 0.05) is 35.1 Å². The molecule has 7 heteroatoms. The number of ether oxygens (including phenoxy) is 1. The van der Waals surface area contributed by atoms with Crippen LogP contribution in [0.2, 0.25) is 0 Å². The van der Waals surface area contributed by atoms with Gasteiger partial charge in [0.25, 0.3) is 5.91 Å². The number of furan rings is 1. The molecule has 0 spiro atoms. The molecule has 0 saturated carbocycles. The Bertz CT molecular complexity index is 1030. The van der Waals surface area contributed by atoms with Crippen LogP contribution in [0.1, 0.15) is 16.1 Å². The first-order chi connectivity index (χ1) is 13.3. The summed E-state index contributed by atoms with van der Waals surface area (Å²) in [5.41, 5.74) is 1.95. The number of rotatable bonds is 6. The summed E-state index contributed by atoms with van der Waals surface area (Å²) in [6.07, 6.45) is 5.05. The molecule has 0 atom stereocenters. The zero-order valence-corrected chi connectivity index (χ0v) is 15.0. The van der Waals surface area contributed by atoms with E-state index in [4.69, 9.17) is 9.15 Å². The highest BCUT2D eigenvalue weighted by molar-refractivity contribution is 7.13. The molecule has 4 aromatic rings. The summed E-state index contributed by atoms with van der Waals surface area (Å²) in [7, 11) is 0. The molecule has 0 unspecified atom stereocenters. The summed E-state index contributed by atoms with van der Waals surface area (Å²) in [5, 5.41) is 5.21. The van der Waals surface area contributed by atoms with E-state index in [-0.39, 0.29) is 5.91 Å². The lowest BCUT2D eigenvalue weighted by Gasteiger charge is -2.08. The predicted octanol–water partition coefficient (Wildman–Crippen LogP) is 4.63. The number of pyridine rings is 1. The van der Waals surface area contributed by atoms with E-state index in [1.54, 1.807) is 42.2 Å². The Balaban J connectivity index is 1.41. The molecule has 4 rings (SSSR count). The summed E-state index contributed by atoms with van der Waals surface area (Å²) in [6, 6.07) is 14.6. The van der Waals surface area contributed by atoms with Crippen molar-refractivity contribution < 1.29 is 13.9 Å². The molecule has 0 aliphatic rings. The van der Waals surface area contributed by atoms with Crippen LogP contribution in [0.5, 0.6) is 5.75 Å². The maximum Gasteiger partial charge on any atom is 0.275 e. The highest BCUT2D eigenvalue weighted by Gasteiger charge is 2.13. The molecule has 1 N–H and O–H groups in total. The SMILES string of the molecule is O=C(Nc1cccc(OCc2cccnc2)c1)c1csc(-c2ccco2)n1. The summed E-state index contributed by atoms with van der Waals surface area (Å²) in [4.78, 5) is 20.8. The third-order valence-electron chi connectivity index (χ3n) is 3.69. The number of carbonyl (C=O) groups is 1. The fourth-order valence-electron chi connectivity index (χ4n) is 2.40. The standard InChI is InChI=1S/C20H15N3O3S/c24-19(17-13-27-20(23-17)18-7-3-9-25-18)22-15-5-1-6-16(10-15)26-12-14-4-2-8-21-11-14/h1-11,13H,12H2,(H,22,24). The molecule has 3 aromatic heterocycles. The molecule has 27 heavy (non-hydrogen) atoms. The molecule has 6 nitrogen and oxygen atoms in total. The Hall–Kier alpha value is -3.45. The van der Waals surface area contributed by atoms with Crippen molar-refractivity contribution in [2.45, 2.75) is 6.61 Å². The first kappa shape index (κ1) is 17.0. The molecule has 0 aliphatic heterocycles. The van der Waals surface area contributed by atoms with E-state index in [2.05, 4.69) is 15.3 Å². The fourth-order valence-corrected chi connectivity index (χ4v) is 3.17.